The largest absolute Gasteiger partial charge is 0.506 e. The minimum atomic E-state index is -1.25. The highest BCUT2D eigenvalue weighted by atomic mass is 16.4. The molecule has 16 heavy (non-hydrogen) atoms. The van der Waals surface area contributed by atoms with E-state index in [4.69, 9.17) is 10.8 Å². The lowest BCUT2D eigenvalue weighted by molar-refractivity contribution is 0.0693. The van der Waals surface area contributed by atoms with Crippen LogP contribution in [0.25, 0.3) is 0 Å². The van der Waals surface area contributed by atoms with E-state index in [0.29, 0.717) is 0 Å². The topological polar surface area (TPSA) is 125 Å². The van der Waals surface area contributed by atoms with Gasteiger partial charge in [-0.05, 0) is 12.1 Å². The number of phenols is 1. The Hall–Kier alpha value is -2.57. The van der Waals surface area contributed by atoms with Crippen LogP contribution in [0.1, 0.15) is 15.9 Å². The zero-order chi connectivity index (χ0) is 12.1. The van der Waals surface area contributed by atoms with Crippen molar-refractivity contribution in [3.05, 3.63) is 29.3 Å². The van der Waals surface area contributed by atoms with Gasteiger partial charge < -0.3 is 15.9 Å². The van der Waals surface area contributed by atoms with Gasteiger partial charge in [0.2, 0.25) is 0 Å². The average Bonchev–Trinajstić information content (AvgIpc) is 2.19. The van der Waals surface area contributed by atoms with Crippen LogP contribution in [0.15, 0.2) is 23.3 Å². The van der Waals surface area contributed by atoms with E-state index in [-0.39, 0.29) is 11.1 Å². The Morgan fingerprint density at radius 2 is 2.12 bits per heavy atom. The first-order chi connectivity index (χ1) is 7.52. The minimum Gasteiger partial charge on any atom is -0.506 e. The smallest absolute Gasteiger partial charge is 0.339 e. The molecule has 2 amide bonds. The zero-order valence-electron chi connectivity index (χ0n) is 8.04. The maximum Gasteiger partial charge on any atom is 0.339 e. The predicted octanol–water partition coefficient (Wildman–Crippen LogP) is 0.0926. The van der Waals surface area contributed by atoms with Gasteiger partial charge in [0, 0.05) is 5.56 Å². The van der Waals surface area contributed by atoms with E-state index in [1.54, 1.807) is 0 Å². The van der Waals surface area contributed by atoms with E-state index >= 15 is 0 Å². The number of carboxylic acid groups (broad SMARTS) is 1. The Morgan fingerprint density at radius 1 is 1.44 bits per heavy atom. The molecule has 0 aliphatic rings. The van der Waals surface area contributed by atoms with Crippen molar-refractivity contribution in [2.24, 2.45) is 10.8 Å². The first-order valence-corrected chi connectivity index (χ1v) is 4.16. The molecule has 0 bridgehead atoms. The molecule has 7 nitrogen and oxygen atoms in total. The molecule has 0 unspecified atom stereocenters. The Morgan fingerprint density at radius 3 is 2.69 bits per heavy atom. The maximum absolute atomic E-state index is 10.7. The molecule has 0 atom stereocenters. The van der Waals surface area contributed by atoms with Gasteiger partial charge in [-0.3, -0.25) is 0 Å². The van der Waals surface area contributed by atoms with Crippen molar-refractivity contribution in [2.75, 3.05) is 0 Å². The molecule has 0 aliphatic heterocycles. The van der Waals surface area contributed by atoms with Crippen LogP contribution < -0.4 is 11.2 Å². The van der Waals surface area contributed by atoms with Crippen molar-refractivity contribution in [3.8, 4) is 5.75 Å². The summed E-state index contributed by atoms with van der Waals surface area (Å²) in [7, 11) is 0. The molecule has 0 radical (unpaired) electrons. The maximum atomic E-state index is 10.7. The summed E-state index contributed by atoms with van der Waals surface area (Å²) in [5, 5.41) is 21.6. The number of benzene rings is 1. The van der Waals surface area contributed by atoms with Crippen LogP contribution in [-0.2, 0) is 0 Å². The number of carboxylic acids is 1. The summed E-state index contributed by atoms with van der Waals surface area (Å²) >= 11 is 0. The number of carbonyl (C=O) groups is 2. The molecule has 1 aromatic rings. The van der Waals surface area contributed by atoms with Crippen LogP contribution in [0.4, 0.5) is 4.79 Å². The molecule has 84 valence electrons. The number of aromatic hydroxyl groups is 1. The standard InChI is InChI=1S/C9H9N3O4/c10-9(16)12-11-4-5-2-1-3-6(7(5)13)8(14)15/h1-4,13H,(H,14,15)(H3,10,12,16)/b11-4-. The molecule has 0 heterocycles. The molecule has 0 saturated heterocycles. The Bertz CT molecular complexity index is 456. The highest BCUT2D eigenvalue weighted by Crippen LogP contribution is 2.20. The highest BCUT2D eigenvalue weighted by Gasteiger charge is 2.11. The number of hydrazone groups is 1. The number of nitrogens with zero attached hydrogens (tertiary/aromatic N) is 1. The number of nitrogens with two attached hydrogens (primary N) is 1. The normalized spacial score (nSPS) is 10.2. The Kier molecular flexibility index (Phi) is 3.44. The first kappa shape index (κ1) is 11.5. The number of nitrogens with one attached hydrogen (secondary N) is 1. The number of urea groups is 1. The summed E-state index contributed by atoms with van der Waals surface area (Å²) in [4.78, 5) is 21.0. The second-order valence-electron chi connectivity index (χ2n) is 2.78. The molecule has 1 aromatic carbocycles. The number of primary amides is 1. The summed E-state index contributed by atoms with van der Waals surface area (Å²) in [5.41, 5.74) is 6.59. The predicted molar refractivity (Wildman–Crippen MR) is 55.4 cm³/mol. The second kappa shape index (κ2) is 4.78. The number of amides is 2. The SMILES string of the molecule is NC(=O)N/N=C\c1cccc(C(=O)O)c1O. The Labute approximate surface area is 90.2 Å². The van der Waals surface area contributed by atoms with Gasteiger partial charge in [0.15, 0.2) is 0 Å². The minimum absolute atomic E-state index is 0.161. The third-order valence-corrected chi connectivity index (χ3v) is 1.68. The fourth-order valence-electron chi connectivity index (χ4n) is 1.00. The van der Waals surface area contributed by atoms with E-state index < -0.39 is 17.7 Å². The summed E-state index contributed by atoms with van der Waals surface area (Å²) < 4.78 is 0. The molecule has 0 spiro atoms. The van der Waals surface area contributed by atoms with Crippen LogP contribution in [0, 0.1) is 0 Å². The second-order valence-corrected chi connectivity index (χ2v) is 2.78. The molecule has 0 fully saturated rings. The van der Waals surface area contributed by atoms with Crippen molar-refractivity contribution in [1.82, 2.24) is 5.43 Å². The third kappa shape index (κ3) is 2.71. The average molecular weight is 223 g/mol. The van der Waals surface area contributed by atoms with Crippen molar-refractivity contribution in [1.29, 1.82) is 0 Å². The van der Waals surface area contributed by atoms with Gasteiger partial charge in [0.05, 0.1) is 6.21 Å². The fourth-order valence-corrected chi connectivity index (χ4v) is 1.00. The number of rotatable bonds is 3. The number of aromatic carboxylic acids is 1. The summed E-state index contributed by atoms with van der Waals surface area (Å²) in [5.74, 6) is -1.68. The van der Waals surface area contributed by atoms with Crippen molar-refractivity contribution >= 4 is 18.2 Å². The van der Waals surface area contributed by atoms with Gasteiger partial charge in [0.1, 0.15) is 11.3 Å². The van der Waals surface area contributed by atoms with Gasteiger partial charge >= 0.3 is 12.0 Å². The van der Waals surface area contributed by atoms with E-state index in [0.717, 1.165) is 6.21 Å². The molecular formula is C9H9N3O4. The lowest BCUT2D eigenvalue weighted by atomic mass is 10.1. The van der Waals surface area contributed by atoms with E-state index in [2.05, 4.69) is 5.10 Å². The molecule has 0 aromatic heterocycles. The molecule has 7 heteroatoms. The number of hydrogen-bond acceptors (Lipinski definition) is 4. The molecule has 1 rings (SSSR count). The van der Waals surface area contributed by atoms with E-state index in [1.165, 1.54) is 18.2 Å². The van der Waals surface area contributed by atoms with Gasteiger partial charge in [-0.1, -0.05) is 6.07 Å². The van der Waals surface area contributed by atoms with Crippen LogP contribution in [0.2, 0.25) is 0 Å². The third-order valence-electron chi connectivity index (χ3n) is 1.68. The lowest BCUT2D eigenvalue weighted by Gasteiger charge is -2.02. The van der Waals surface area contributed by atoms with Crippen LogP contribution >= 0.6 is 0 Å². The highest BCUT2D eigenvalue weighted by molar-refractivity contribution is 5.95. The molecule has 0 saturated carbocycles. The van der Waals surface area contributed by atoms with Crippen LogP contribution in [0.3, 0.4) is 0 Å². The van der Waals surface area contributed by atoms with Crippen LogP contribution in [0.5, 0.6) is 5.75 Å². The van der Waals surface area contributed by atoms with Crippen molar-refractivity contribution in [2.45, 2.75) is 0 Å². The summed E-state index contributed by atoms with van der Waals surface area (Å²) in [6.07, 6.45) is 1.09. The monoisotopic (exact) mass is 223 g/mol. The van der Waals surface area contributed by atoms with Gasteiger partial charge in [0.25, 0.3) is 0 Å². The van der Waals surface area contributed by atoms with E-state index in [9.17, 15) is 14.7 Å². The van der Waals surface area contributed by atoms with Crippen molar-refractivity contribution in [3.63, 3.8) is 0 Å². The lowest BCUT2D eigenvalue weighted by Crippen LogP contribution is -2.24. The molecule has 0 aliphatic carbocycles. The fraction of sp³-hybridized carbons (Fsp3) is 0. The quantitative estimate of drug-likeness (QED) is 0.428. The van der Waals surface area contributed by atoms with Gasteiger partial charge in [-0.15, -0.1) is 0 Å². The number of hydrogen-bond donors (Lipinski definition) is 4. The number of carbonyl (C=O) groups excluding carboxylic acids is 1. The zero-order valence-corrected chi connectivity index (χ0v) is 8.04. The Balaban J connectivity index is 2.97. The van der Waals surface area contributed by atoms with E-state index in [1.807, 2.05) is 5.43 Å². The van der Waals surface area contributed by atoms with Gasteiger partial charge in [-0.2, -0.15) is 5.10 Å². The van der Waals surface area contributed by atoms with Gasteiger partial charge in [-0.25, -0.2) is 15.0 Å². The molecular weight excluding hydrogens is 214 g/mol. The van der Waals surface area contributed by atoms with Crippen LogP contribution in [-0.4, -0.2) is 28.4 Å². The summed E-state index contributed by atoms with van der Waals surface area (Å²) in [6, 6.07) is 3.27. The molecule has 5 N–H and O–H groups in total. The first-order valence-electron chi connectivity index (χ1n) is 4.16. The summed E-state index contributed by atoms with van der Waals surface area (Å²) in [6.45, 7) is 0. The number of para-hydroxylation sites is 1. The van der Waals surface area contributed by atoms with Crippen molar-refractivity contribution < 1.29 is 19.8 Å².